The summed E-state index contributed by atoms with van der Waals surface area (Å²) in [5.74, 6) is 3.85. The molecule has 35 heteroatoms. The number of carboxylic acid groups (broad SMARTS) is 1. The third kappa shape index (κ3) is 29.3. The van der Waals surface area contributed by atoms with Crippen molar-refractivity contribution >= 4 is 90.4 Å². The second-order valence-electron chi connectivity index (χ2n) is 25.3. The summed E-state index contributed by atoms with van der Waals surface area (Å²) in [6.07, 6.45) is 4.67. The number of nitrogens with one attached hydrogen (secondary N) is 4. The maximum Gasteiger partial charge on any atom is 0.410 e. The predicted octanol–water partition coefficient (Wildman–Crippen LogP) is 7.85. The quantitative estimate of drug-likeness (QED) is 0.0141. The van der Waals surface area contributed by atoms with Crippen LogP contribution in [0.25, 0.3) is 10.2 Å². The number of ether oxygens (including phenoxy) is 11. The van der Waals surface area contributed by atoms with Crippen molar-refractivity contribution in [3.8, 4) is 17.6 Å². The maximum absolute atomic E-state index is 15.5. The average Bonchev–Trinajstić information content (AvgIpc) is 1.75. The van der Waals surface area contributed by atoms with Crippen LogP contribution < -0.4 is 42.4 Å². The molecule has 5 amide bonds. The number of urea groups is 1. The van der Waals surface area contributed by atoms with Crippen molar-refractivity contribution < 1.29 is 85.6 Å². The van der Waals surface area contributed by atoms with Crippen LogP contribution >= 0.6 is 22.7 Å². The van der Waals surface area contributed by atoms with Gasteiger partial charge in [0.2, 0.25) is 11.8 Å². The fraction of sp³-hybridized carbons (Fsp3) is 0.527. The Balaban J connectivity index is 0.764. The van der Waals surface area contributed by atoms with Crippen molar-refractivity contribution in [2.45, 2.75) is 111 Å². The Morgan fingerprint density at radius 3 is 2.08 bits per heavy atom. The van der Waals surface area contributed by atoms with Crippen LogP contribution in [0.3, 0.4) is 0 Å². The van der Waals surface area contributed by atoms with Gasteiger partial charge in [0.15, 0.2) is 39.2 Å². The number of amides is 5. The summed E-state index contributed by atoms with van der Waals surface area (Å²) in [6, 6.07) is 14.4. The van der Waals surface area contributed by atoms with Gasteiger partial charge in [0, 0.05) is 54.0 Å². The number of rotatable bonds is 51. The summed E-state index contributed by atoms with van der Waals surface area (Å²) >= 11 is 2.79. The van der Waals surface area contributed by atoms with E-state index in [2.05, 4.69) is 70.5 Å². The zero-order valence-electron chi connectivity index (χ0n) is 62.4. The lowest BCUT2D eigenvalue weighted by Crippen LogP contribution is -2.51. The highest BCUT2D eigenvalue weighted by Crippen LogP contribution is 2.39. The standard InChI is InChI=1S/C74H100FN15O17S2/c1-6-27-97-30-32-99-34-36-101-38-40-103-42-43-104-41-39-102-37-35-100-33-31-98-29-26-89-46-56(84-87-89)49-105-47-54-45-55(79-68(91)60(16-9-23-78-71(77)95)80-69(92)64(76)50(2)3)21-20-53(54)48-107-74(96)88(5)24-10-13-52-19-22-61(58(75)44-52)106-28-12-18-63-65(70(93)94)82-73(109-63)90-25-11-14-57-51(4)66(85-86-67(57)90)83-72-81-59-15-7-8-17-62(59)108-72/h7-8,15,17,19-22,44-46,50,60,64H,6,9,11-12,14,16,18,23-43,47-49,76H2,1-5H3,(H,79,91)(H,80,92)(H,93,94)(H3,77,78,95)(H,81,83,85). The molecule has 0 radical (unpaired) electrons. The summed E-state index contributed by atoms with van der Waals surface area (Å²) in [5.41, 5.74) is 16.4. The number of carbonyl (C=O) groups excluding carboxylic acids is 4. The van der Waals surface area contributed by atoms with Crippen molar-refractivity contribution in [3.05, 3.63) is 117 Å². The molecule has 0 spiro atoms. The fourth-order valence-corrected chi connectivity index (χ4v) is 12.7. The van der Waals surface area contributed by atoms with Gasteiger partial charge in [0.1, 0.15) is 18.3 Å². The average molecular weight is 1550 g/mol. The molecule has 7 aromatic rings. The topological polar surface area (TPSA) is 396 Å². The Hall–Kier alpha value is -9.16. The number of thiazole rings is 2. The number of para-hydroxylation sites is 1. The molecule has 2 atom stereocenters. The first-order valence-electron chi connectivity index (χ1n) is 36.3. The van der Waals surface area contributed by atoms with Gasteiger partial charge in [-0.3, -0.25) is 9.59 Å². The lowest BCUT2D eigenvalue weighted by Gasteiger charge is -2.28. The number of benzene rings is 3. The van der Waals surface area contributed by atoms with Crippen molar-refractivity contribution in [1.29, 1.82) is 0 Å². The minimum atomic E-state index is -1.16. The van der Waals surface area contributed by atoms with Crippen molar-refractivity contribution in [2.75, 3.05) is 155 Å². The molecule has 9 N–H and O–H groups in total. The molecule has 0 fully saturated rings. The molecule has 4 aromatic heterocycles. The third-order valence-corrected chi connectivity index (χ3v) is 18.7. The molecule has 109 heavy (non-hydrogen) atoms. The molecule has 32 nitrogen and oxygen atoms in total. The first-order chi connectivity index (χ1) is 52.9. The molecule has 1 aliphatic rings. The smallest absolute Gasteiger partial charge is 0.410 e. The highest BCUT2D eigenvalue weighted by atomic mass is 32.1. The number of fused-ring (bicyclic) bond motifs is 2. The van der Waals surface area contributed by atoms with E-state index in [1.807, 2.05) is 36.1 Å². The zero-order chi connectivity index (χ0) is 77.5. The largest absolute Gasteiger partial charge is 0.491 e. The SMILES string of the molecule is CCCOCCOCCOCCOCCOCCOCCOCCOCCn1cc(COCc2cc(NC(=O)C(CCCNC(N)=O)NC(=O)C(N)C(C)C)ccc2COC(=O)N(C)CC#Cc2ccc(OCCCc3sc(N4CCCc5c4nnc(Nc4nc6ccccc6s4)c5C)nc3C(=O)O)c(F)c2)nn1. The number of anilines is 5. The van der Waals surface area contributed by atoms with E-state index in [-0.39, 0.29) is 63.3 Å². The number of carboxylic acids is 1. The fourth-order valence-electron chi connectivity index (χ4n) is 10.7. The number of hydrogen-bond acceptors (Lipinski definition) is 27. The number of carbonyl (C=O) groups is 5. The van der Waals surface area contributed by atoms with Gasteiger partial charge < -0.3 is 99.7 Å². The summed E-state index contributed by atoms with van der Waals surface area (Å²) < 4.78 is 80.1. The van der Waals surface area contributed by atoms with E-state index in [9.17, 15) is 29.1 Å². The Labute approximate surface area is 641 Å². The van der Waals surface area contributed by atoms with Crippen LogP contribution in [0.5, 0.6) is 5.75 Å². The number of nitrogens with two attached hydrogens (primary N) is 2. The van der Waals surface area contributed by atoms with E-state index in [1.54, 1.807) is 49.0 Å². The van der Waals surface area contributed by atoms with E-state index in [4.69, 9.17) is 63.6 Å². The number of aryl methyl sites for hydroxylation is 1. The van der Waals surface area contributed by atoms with Gasteiger partial charge in [0.25, 0.3) is 0 Å². The second kappa shape index (κ2) is 47.0. The van der Waals surface area contributed by atoms with Crippen LogP contribution in [0.2, 0.25) is 0 Å². The van der Waals surface area contributed by atoms with Crippen molar-refractivity contribution in [3.63, 3.8) is 0 Å². The van der Waals surface area contributed by atoms with E-state index in [0.717, 1.165) is 47.2 Å². The molecule has 1 aliphatic heterocycles. The summed E-state index contributed by atoms with van der Waals surface area (Å²) in [4.78, 5) is 77.2. The zero-order valence-corrected chi connectivity index (χ0v) is 64.0. The lowest BCUT2D eigenvalue weighted by atomic mass is 10.0. The van der Waals surface area contributed by atoms with Crippen LogP contribution in [0, 0.1) is 30.5 Å². The highest BCUT2D eigenvalue weighted by Gasteiger charge is 2.30. The first-order valence-corrected chi connectivity index (χ1v) is 38.0. The van der Waals surface area contributed by atoms with E-state index < -0.39 is 47.8 Å². The molecular formula is C74H100FN15O17S2. The molecular weight excluding hydrogens is 1450 g/mol. The number of primary amides is 1. The molecule has 0 saturated heterocycles. The summed E-state index contributed by atoms with van der Waals surface area (Å²) in [6.45, 7) is 16.1. The van der Waals surface area contributed by atoms with Gasteiger partial charge in [-0.25, -0.2) is 33.4 Å². The van der Waals surface area contributed by atoms with E-state index in [0.29, 0.717) is 186 Å². The molecule has 0 saturated carbocycles. The monoisotopic (exact) mass is 1550 g/mol. The molecule has 5 heterocycles. The molecule has 0 aliphatic carbocycles. The molecule has 3 aromatic carbocycles. The Morgan fingerprint density at radius 2 is 1.43 bits per heavy atom. The van der Waals surface area contributed by atoms with Crippen molar-refractivity contribution in [2.24, 2.45) is 17.4 Å². The summed E-state index contributed by atoms with van der Waals surface area (Å²) in [5, 5.41) is 40.4. The number of hydrogen-bond donors (Lipinski definition) is 7. The Kier molecular flexibility index (Phi) is 36.9. The van der Waals surface area contributed by atoms with Crippen LogP contribution in [-0.4, -0.2) is 226 Å². The number of halogens is 1. The summed E-state index contributed by atoms with van der Waals surface area (Å²) in [7, 11) is 1.50. The molecule has 8 rings (SSSR count). The van der Waals surface area contributed by atoms with Gasteiger partial charge in [-0.05, 0) is 111 Å². The minimum absolute atomic E-state index is 0.0157. The predicted molar refractivity (Wildman–Crippen MR) is 406 cm³/mol. The van der Waals surface area contributed by atoms with Gasteiger partial charge >= 0.3 is 18.1 Å². The molecule has 2 unspecified atom stereocenters. The van der Waals surface area contributed by atoms with Gasteiger partial charge in [0.05, 0.1) is 154 Å². The van der Waals surface area contributed by atoms with Gasteiger partial charge in [-0.2, -0.15) is 0 Å². The highest BCUT2D eigenvalue weighted by molar-refractivity contribution is 7.22. The minimum Gasteiger partial charge on any atom is -0.491 e. The lowest BCUT2D eigenvalue weighted by molar-refractivity contribution is -0.128. The van der Waals surface area contributed by atoms with Crippen LogP contribution in [-0.2, 0) is 96.2 Å². The number of aromatic carboxylic acids is 1. The molecule has 0 bridgehead atoms. The maximum atomic E-state index is 15.5. The molecule has 592 valence electrons. The van der Waals surface area contributed by atoms with Gasteiger partial charge in [-0.15, -0.1) is 26.6 Å². The Morgan fingerprint density at radius 1 is 0.752 bits per heavy atom. The van der Waals surface area contributed by atoms with Gasteiger partial charge in [-0.1, -0.05) is 67.4 Å². The normalized spacial score (nSPS) is 12.5. The van der Waals surface area contributed by atoms with Crippen LogP contribution in [0.1, 0.15) is 102 Å². The Bertz CT molecular complexity index is 4030. The number of nitrogens with zero attached hydrogens (tertiary/aromatic N) is 9. The van der Waals surface area contributed by atoms with Crippen LogP contribution in [0.15, 0.2) is 66.9 Å². The van der Waals surface area contributed by atoms with E-state index in [1.165, 1.54) is 46.8 Å². The first kappa shape index (κ1) is 85.4. The second-order valence-corrected chi connectivity index (χ2v) is 27.4. The third-order valence-electron chi connectivity index (χ3n) is 16.6. The van der Waals surface area contributed by atoms with Crippen molar-refractivity contribution in [1.82, 2.24) is 50.7 Å². The van der Waals surface area contributed by atoms with Crippen LogP contribution in [0.4, 0.5) is 41.6 Å². The van der Waals surface area contributed by atoms with E-state index >= 15 is 4.39 Å². The number of aromatic nitrogens is 7.